The Balaban J connectivity index is 2.17. The van der Waals surface area contributed by atoms with Crippen LogP contribution in [0.5, 0.6) is 0 Å². The summed E-state index contributed by atoms with van der Waals surface area (Å²) in [5.41, 5.74) is 0.0591. The van der Waals surface area contributed by atoms with Crippen LogP contribution in [0.2, 0.25) is 0 Å². The van der Waals surface area contributed by atoms with Crippen LogP contribution in [0.3, 0.4) is 0 Å². The van der Waals surface area contributed by atoms with Gasteiger partial charge in [-0.2, -0.15) is 0 Å². The summed E-state index contributed by atoms with van der Waals surface area (Å²) in [5.74, 6) is 1.29. The molecule has 17 heavy (non-hydrogen) atoms. The van der Waals surface area contributed by atoms with Gasteiger partial charge in [0.2, 0.25) is 10.0 Å². The number of nitrogens with two attached hydrogens (primary N) is 1. The fourth-order valence-corrected chi connectivity index (χ4v) is 4.84. The first kappa shape index (κ1) is 13.3. The second-order valence-electron chi connectivity index (χ2n) is 6.16. The zero-order valence-corrected chi connectivity index (χ0v) is 11.5. The predicted octanol–water partition coefficient (Wildman–Crippen LogP) is 1.51. The van der Waals surface area contributed by atoms with Crippen molar-refractivity contribution in [1.29, 1.82) is 0 Å². The summed E-state index contributed by atoms with van der Waals surface area (Å²) in [6.45, 7) is 5.19. The molecule has 1 aliphatic carbocycles. The summed E-state index contributed by atoms with van der Waals surface area (Å²) in [6.07, 6.45) is 4.20. The minimum absolute atomic E-state index is 0.0214. The molecule has 1 heterocycles. The standard InChI is InChI=1S/C12H23NO3S/c1-9-5-10(2)7-12(6-9)3-4-16-11(12)8-17(13,14)15/h9-11H,3-8H2,1-2H3,(H2,13,14,15). The molecule has 5 heteroatoms. The minimum atomic E-state index is -3.44. The van der Waals surface area contributed by atoms with Crippen molar-refractivity contribution in [2.24, 2.45) is 22.4 Å². The van der Waals surface area contributed by atoms with Gasteiger partial charge in [-0.1, -0.05) is 13.8 Å². The maximum absolute atomic E-state index is 11.3. The number of rotatable bonds is 2. The fourth-order valence-electron chi connectivity index (χ4n) is 3.97. The molecular weight excluding hydrogens is 238 g/mol. The van der Waals surface area contributed by atoms with E-state index in [0.29, 0.717) is 18.4 Å². The van der Waals surface area contributed by atoms with Gasteiger partial charge in [-0.25, -0.2) is 13.6 Å². The van der Waals surface area contributed by atoms with Crippen LogP contribution in [0, 0.1) is 17.3 Å². The Morgan fingerprint density at radius 2 is 1.88 bits per heavy atom. The Kier molecular flexibility index (Phi) is 3.54. The number of hydrogen-bond donors (Lipinski definition) is 1. The first-order chi connectivity index (χ1) is 7.81. The number of ether oxygens (including phenoxy) is 1. The SMILES string of the molecule is CC1CC(C)CC2(CCOC2CS(N)(=O)=O)C1. The van der Waals surface area contributed by atoms with Gasteiger partial charge in [0, 0.05) is 12.0 Å². The number of primary sulfonamides is 1. The van der Waals surface area contributed by atoms with Crippen molar-refractivity contribution < 1.29 is 13.2 Å². The van der Waals surface area contributed by atoms with Gasteiger partial charge in [0.15, 0.2) is 0 Å². The highest BCUT2D eigenvalue weighted by molar-refractivity contribution is 7.89. The number of hydrogen-bond acceptors (Lipinski definition) is 3. The number of sulfonamides is 1. The Hall–Kier alpha value is -0.130. The second kappa shape index (κ2) is 4.52. The van der Waals surface area contributed by atoms with E-state index in [1.165, 1.54) is 6.42 Å². The lowest BCUT2D eigenvalue weighted by molar-refractivity contribution is 0.0161. The summed E-state index contributed by atoms with van der Waals surface area (Å²) >= 11 is 0. The molecule has 0 aromatic heterocycles. The van der Waals surface area contributed by atoms with Gasteiger partial charge in [0.25, 0.3) is 0 Å². The molecule has 0 bridgehead atoms. The highest BCUT2D eigenvalue weighted by Crippen LogP contribution is 2.50. The van der Waals surface area contributed by atoms with E-state index in [2.05, 4.69) is 13.8 Å². The molecular formula is C12H23NO3S. The quantitative estimate of drug-likeness (QED) is 0.819. The predicted molar refractivity (Wildman–Crippen MR) is 66.9 cm³/mol. The third kappa shape index (κ3) is 3.01. The summed E-state index contributed by atoms with van der Waals surface area (Å²) < 4.78 is 28.2. The minimum Gasteiger partial charge on any atom is -0.377 e. The monoisotopic (exact) mass is 261 g/mol. The van der Waals surface area contributed by atoms with Gasteiger partial charge in [0.1, 0.15) is 0 Å². The maximum Gasteiger partial charge on any atom is 0.211 e. The molecule has 3 unspecified atom stereocenters. The summed E-state index contributed by atoms with van der Waals surface area (Å²) in [4.78, 5) is 0. The lowest BCUT2D eigenvalue weighted by atomic mass is 9.63. The van der Waals surface area contributed by atoms with Crippen LogP contribution < -0.4 is 5.14 Å². The van der Waals surface area contributed by atoms with Gasteiger partial charge >= 0.3 is 0 Å². The molecule has 0 aromatic carbocycles. The molecule has 2 fully saturated rings. The van der Waals surface area contributed by atoms with Crippen LogP contribution >= 0.6 is 0 Å². The van der Waals surface area contributed by atoms with Gasteiger partial charge in [-0.05, 0) is 37.5 Å². The largest absolute Gasteiger partial charge is 0.377 e. The molecule has 0 amide bonds. The van der Waals surface area contributed by atoms with Crippen molar-refractivity contribution in [2.45, 2.75) is 45.6 Å². The zero-order valence-electron chi connectivity index (χ0n) is 10.7. The van der Waals surface area contributed by atoms with Crippen LogP contribution in [-0.4, -0.2) is 26.9 Å². The van der Waals surface area contributed by atoms with Crippen molar-refractivity contribution in [1.82, 2.24) is 0 Å². The Labute approximate surface area is 104 Å². The Bertz CT molecular complexity index is 369. The van der Waals surface area contributed by atoms with Crippen molar-refractivity contribution in [3.05, 3.63) is 0 Å². The molecule has 1 spiro atoms. The molecule has 1 saturated heterocycles. The lowest BCUT2D eigenvalue weighted by Crippen LogP contribution is -2.43. The molecule has 1 saturated carbocycles. The first-order valence-electron chi connectivity index (χ1n) is 6.43. The lowest BCUT2D eigenvalue weighted by Gasteiger charge is -2.43. The second-order valence-corrected chi connectivity index (χ2v) is 7.81. The van der Waals surface area contributed by atoms with Crippen LogP contribution in [0.25, 0.3) is 0 Å². The normalized spacial score (nSPS) is 43.1. The third-order valence-corrected chi connectivity index (χ3v) is 5.07. The average Bonchev–Trinajstić information content (AvgIpc) is 2.43. The topological polar surface area (TPSA) is 69.4 Å². The first-order valence-corrected chi connectivity index (χ1v) is 8.14. The summed E-state index contributed by atoms with van der Waals surface area (Å²) in [7, 11) is -3.44. The van der Waals surface area contributed by atoms with Crippen LogP contribution in [0.1, 0.15) is 39.5 Å². The Morgan fingerprint density at radius 3 is 2.41 bits per heavy atom. The van der Waals surface area contributed by atoms with Gasteiger partial charge in [-0.15, -0.1) is 0 Å². The van der Waals surface area contributed by atoms with E-state index < -0.39 is 10.0 Å². The smallest absolute Gasteiger partial charge is 0.211 e. The van der Waals surface area contributed by atoms with Crippen LogP contribution in [-0.2, 0) is 14.8 Å². The fraction of sp³-hybridized carbons (Fsp3) is 1.00. The van der Waals surface area contributed by atoms with Crippen molar-refractivity contribution >= 4 is 10.0 Å². The van der Waals surface area contributed by atoms with Gasteiger partial charge in [0.05, 0.1) is 11.9 Å². The average molecular weight is 261 g/mol. The molecule has 100 valence electrons. The van der Waals surface area contributed by atoms with Crippen LogP contribution in [0.4, 0.5) is 0 Å². The summed E-state index contributed by atoms with van der Waals surface area (Å²) in [6, 6.07) is 0. The van der Waals surface area contributed by atoms with E-state index in [-0.39, 0.29) is 17.3 Å². The maximum atomic E-state index is 11.3. The van der Waals surface area contributed by atoms with Crippen LogP contribution in [0.15, 0.2) is 0 Å². The molecule has 2 N–H and O–H groups in total. The van der Waals surface area contributed by atoms with E-state index in [0.717, 1.165) is 19.3 Å². The van der Waals surface area contributed by atoms with Crippen molar-refractivity contribution in [2.75, 3.05) is 12.4 Å². The molecule has 3 atom stereocenters. The van der Waals surface area contributed by atoms with Crippen molar-refractivity contribution in [3.63, 3.8) is 0 Å². The summed E-state index contributed by atoms with van der Waals surface area (Å²) in [5, 5.41) is 5.17. The molecule has 2 aliphatic rings. The molecule has 0 radical (unpaired) electrons. The van der Waals surface area contributed by atoms with E-state index in [4.69, 9.17) is 9.88 Å². The molecule has 0 aromatic rings. The molecule has 1 aliphatic heterocycles. The van der Waals surface area contributed by atoms with E-state index in [9.17, 15) is 8.42 Å². The highest BCUT2D eigenvalue weighted by atomic mass is 32.2. The van der Waals surface area contributed by atoms with Crippen molar-refractivity contribution in [3.8, 4) is 0 Å². The zero-order chi connectivity index (χ0) is 12.7. The van der Waals surface area contributed by atoms with E-state index in [1.54, 1.807) is 0 Å². The van der Waals surface area contributed by atoms with Gasteiger partial charge < -0.3 is 4.74 Å². The van der Waals surface area contributed by atoms with E-state index in [1.807, 2.05) is 0 Å². The molecule has 4 nitrogen and oxygen atoms in total. The Morgan fingerprint density at radius 1 is 1.29 bits per heavy atom. The van der Waals surface area contributed by atoms with E-state index >= 15 is 0 Å². The third-order valence-electron chi connectivity index (χ3n) is 4.30. The molecule has 2 rings (SSSR count). The highest BCUT2D eigenvalue weighted by Gasteiger charge is 2.48. The van der Waals surface area contributed by atoms with Gasteiger partial charge in [-0.3, -0.25) is 0 Å².